The maximum absolute atomic E-state index is 12.8. The third-order valence-electron chi connectivity index (χ3n) is 5.63. The molecule has 2 saturated heterocycles. The maximum atomic E-state index is 12.8. The normalized spacial score (nSPS) is 24.9. The number of fused-ring (bicyclic) bond motifs is 1. The minimum atomic E-state index is -1.06. The predicted octanol–water partition coefficient (Wildman–Crippen LogP) is -0.524. The van der Waals surface area contributed by atoms with E-state index < -0.39 is 17.2 Å². The molecule has 2 aliphatic heterocycles. The van der Waals surface area contributed by atoms with Gasteiger partial charge in [-0.3, -0.25) is 14.4 Å². The number of carbonyl (C=O) groups is 3. The van der Waals surface area contributed by atoms with Crippen molar-refractivity contribution in [3.8, 4) is 0 Å². The first-order valence-electron chi connectivity index (χ1n) is 9.88. The Kier molecular flexibility index (Phi) is 6.51. The molecule has 0 bridgehead atoms. The molecule has 31 heavy (non-hydrogen) atoms. The number of hydrogen-bond donors (Lipinski definition) is 3. The Morgan fingerprint density at radius 1 is 1.35 bits per heavy atom. The molecule has 2 fully saturated rings. The highest BCUT2D eigenvalue weighted by Gasteiger charge is 2.49. The number of nitrogens with one attached hydrogen (secondary N) is 1. The van der Waals surface area contributed by atoms with Crippen molar-refractivity contribution in [1.29, 1.82) is 0 Å². The molecule has 2 aromatic heterocycles. The number of ether oxygens (including phenoxy) is 1. The molecule has 2 aromatic rings. The summed E-state index contributed by atoms with van der Waals surface area (Å²) < 4.78 is 7.55. The smallest absolute Gasteiger partial charge is 0.293 e. The van der Waals surface area contributed by atoms with Crippen LogP contribution in [0.5, 0.6) is 0 Å². The molecule has 0 aromatic carbocycles. The lowest BCUT2D eigenvalue weighted by atomic mass is 9.75. The quantitative estimate of drug-likeness (QED) is 0.528. The number of rotatable bonds is 2. The molecule has 12 nitrogen and oxygen atoms in total. The molecule has 168 valence electrons. The molecule has 0 radical (unpaired) electrons. The molecular weight excluding hydrogens is 408 g/mol. The average Bonchev–Trinajstić information content (AvgIpc) is 3.15. The van der Waals surface area contributed by atoms with Crippen LogP contribution in [0.4, 0.5) is 0 Å². The standard InChI is InChI=1S/C18H24N6O4.CH2O2/c1-12(25)20-13-10-28-18(11-17(13,2)27)4-8-23(9-5-18)15(26)14-21-16-19-6-3-7-24(16)22-14;2-1-3/h3,6-7,13,27H,4-5,8-11H2,1-2H3,(H,20,25);1H,(H,2,3)/t13-,17-;/m0./s1. The fraction of sp³-hybridized carbons (Fsp3) is 0.579. The second-order valence-corrected chi connectivity index (χ2v) is 7.98. The van der Waals surface area contributed by atoms with Gasteiger partial charge in [-0.15, -0.1) is 5.10 Å². The van der Waals surface area contributed by atoms with E-state index in [9.17, 15) is 14.7 Å². The molecule has 12 heteroatoms. The van der Waals surface area contributed by atoms with Crippen LogP contribution in [0.2, 0.25) is 0 Å². The zero-order chi connectivity index (χ0) is 22.6. The Bertz CT molecular complexity index is 919. The number of nitrogens with zero attached hydrogens (tertiary/aromatic N) is 5. The number of hydrogen-bond acceptors (Lipinski definition) is 8. The van der Waals surface area contributed by atoms with Crippen LogP contribution in [0, 0.1) is 0 Å². The summed E-state index contributed by atoms with van der Waals surface area (Å²) in [6.07, 6.45) is 4.91. The number of likely N-dealkylation sites (tertiary alicyclic amines) is 1. The topological polar surface area (TPSA) is 159 Å². The largest absolute Gasteiger partial charge is 0.483 e. The minimum Gasteiger partial charge on any atom is -0.483 e. The van der Waals surface area contributed by atoms with Gasteiger partial charge in [-0.1, -0.05) is 0 Å². The Morgan fingerprint density at radius 3 is 2.61 bits per heavy atom. The van der Waals surface area contributed by atoms with E-state index in [1.807, 2.05) is 0 Å². The van der Waals surface area contributed by atoms with Gasteiger partial charge < -0.3 is 25.2 Å². The second kappa shape index (κ2) is 8.94. The molecule has 0 saturated carbocycles. The molecule has 4 heterocycles. The highest BCUT2D eigenvalue weighted by atomic mass is 16.5. The van der Waals surface area contributed by atoms with E-state index in [-0.39, 0.29) is 30.7 Å². The van der Waals surface area contributed by atoms with Crippen molar-refractivity contribution < 1.29 is 29.3 Å². The van der Waals surface area contributed by atoms with Crippen molar-refractivity contribution in [1.82, 2.24) is 29.8 Å². The molecule has 0 aliphatic carbocycles. The number of carbonyl (C=O) groups excluding carboxylic acids is 2. The number of carboxylic acid groups (broad SMARTS) is 1. The van der Waals surface area contributed by atoms with Gasteiger partial charge in [0.25, 0.3) is 18.2 Å². The summed E-state index contributed by atoms with van der Waals surface area (Å²) in [5.41, 5.74) is -1.56. The zero-order valence-electron chi connectivity index (χ0n) is 17.4. The highest BCUT2D eigenvalue weighted by Crippen LogP contribution is 2.39. The number of piperidine rings is 1. The summed E-state index contributed by atoms with van der Waals surface area (Å²) in [6, 6.07) is 1.28. The number of aromatic nitrogens is 4. The Labute approximate surface area is 178 Å². The van der Waals surface area contributed by atoms with Gasteiger partial charge in [-0.2, -0.15) is 4.98 Å². The van der Waals surface area contributed by atoms with E-state index in [2.05, 4.69) is 20.4 Å². The fourth-order valence-electron chi connectivity index (χ4n) is 4.11. The van der Waals surface area contributed by atoms with Crippen molar-refractivity contribution in [3.63, 3.8) is 0 Å². The molecule has 4 rings (SSSR count). The van der Waals surface area contributed by atoms with Gasteiger partial charge in [0.1, 0.15) is 0 Å². The Morgan fingerprint density at radius 2 is 2.03 bits per heavy atom. The summed E-state index contributed by atoms with van der Waals surface area (Å²) in [7, 11) is 0. The van der Waals surface area contributed by atoms with E-state index >= 15 is 0 Å². The van der Waals surface area contributed by atoms with Crippen LogP contribution in [0.3, 0.4) is 0 Å². The zero-order valence-corrected chi connectivity index (χ0v) is 17.4. The van der Waals surface area contributed by atoms with Crippen LogP contribution < -0.4 is 5.32 Å². The lowest BCUT2D eigenvalue weighted by molar-refractivity contribution is -0.187. The predicted molar refractivity (Wildman–Crippen MR) is 106 cm³/mol. The van der Waals surface area contributed by atoms with Crippen molar-refractivity contribution in [3.05, 3.63) is 24.3 Å². The molecule has 1 spiro atoms. The fourth-order valence-corrected chi connectivity index (χ4v) is 4.11. The third kappa shape index (κ3) is 4.97. The minimum absolute atomic E-state index is 0.122. The summed E-state index contributed by atoms with van der Waals surface area (Å²) in [6.45, 7) is 4.13. The second-order valence-electron chi connectivity index (χ2n) is 7.98. The summed E-state index contributed by atoms with van der Waals surface area (Å²) >= 11 is 0. The molecule has 2 amide bonds. The van der Waals surface area contributed by atoms with Crippen LogP contribution in [-0.4, -0.2) is 89.9 Å². The van der Waals surface area contributed by atoms with Gasteiger partial charge in [0.15, 0.2) is 0 Å². The van der Waals surface area contributed by atoms with Crippen molar-refractivity contribution in [2.45, 2.75) is 50.4 Å². The maximum Gasteiger partial charge on any atom is 0.293 e. The van der Waals surface area contributed by atoms with Crippen LogP contribution in [0.15, 0.2) is 18.5 Å². The van der Waals surface area contributed by atoms with Crippen LogP contribution in [0.25, 0.3) is 5.78 Å². The molecule has 2 atom stereocenters. The number of aliphatic hydroxyl groups is 1. The molecule has 3 N–H and O–H groups in total. The van der Waals surface area contributed by atoms with E-state index in [0.29, 0.717) is 38.1 Å². The first-order valence-corrected chi connectivity index (χ1v) is 9.88. The van der Waals surface area contributed by atoms with Gasteiger partial charge in [0.05, 0.1) is 23.9 Å². The molecule has 0 unspecified atom stereocenters. The Balaban J connectivity index is 0.000000858. The SMILES string of the molecule is CC(=O)N[C@H]1COC2(CCN(C(=O)c3nc4ncccn4n3)CC2)C[C@]1(C)O.O=CO. The average molecular weight is 434 g/mol. The first-order chi connectivity index (χ1) is 14.7. The van der Waals surface area contributed by atoms with E-state index in [4.69, 9.17) is 14.6 Å². The summed E-state index contributed by atoms with van der Waals surface area (Å²) in [4.78, 5) is 42.4. The number of amides is 2. The lowest BCUT2D eigenvalue weighted by Crippen LogP contribution is -2.64. The first kappa shape index (κ1) is 22.6. The van der Waals surface area contributed by atoms with Crippen LogP contribution in [-0.2, 0) is 14.3 Å². The lowest BCUT2D eigenvalue weighted by Gasteiger charge is -2.51. The summed E-state index contributed by atoms with van der Waals surface area (Å²) in [5.74, 6) is 0.0747. The highest BCUT2D eigenvalue weighted by molar-refractivity contribution is 5.91. The third-order valence-corrected chi connectivity index (χ3v) is 5.63. The van der Waals surface area contributed by atoms with Crippen molar-refractivity contribution >= 4 is 24.1 Å². The van der Waals surface area contributed by atoms with Crippen molar-refractivity contribution in [2.24, 2.45) is 0 Å². The van der Waals surface area contributed by atoms with E-state index in [0.717, 1.165) is 0 Å². The van der Waals surface area contributed by atoms with Crippen LogP contribution >= 0.6 is 0 Å². The van der Waals surface area contributed by atoms with E-state index in [1.54, 1.807) is 30.3 Å². The van der Waals surface area contributed by atoms with Gasteiger partial charge in [0, 0.05) is 38.8 Å². The van der Waals surface area contributed by atoms with Gasteiger partial charge >= 0.3 is 0 Å². The van der Waals surface area contributed by atoms with Gasteiger partial charge in [-0.25, -0.2) is 9.50 Å². The van der Waals surface area contributed by atoms with Crippen molar-refractivity contribution in [2.75, 3.05) is 19.7 Å². The summed E-state index contributed by atoms with van der Waals surface area (Å²) in [5, 5.41) is 24.7. The molecule has 2 aliphatic rings. The Hall–Kier alpha value is -3.12. The van der Waals surface area contributed by atoms with Gasteiger partial charge in [-0.05, 0) is 25.8 Å². The van der Waals surface area contributed by atoms with Crippen LogP contribution in [0.1, 0.15) is 43.7 Å². The molecular formula is C19H26N6O6. The van der Waals surface area contributed by atoms with Gasteiger partial charge in [0.2, 0.25) is 11.7 Å². The monoisotopic (exact) mass is 434 g/mol. The van der Waals surface area contributed by atoms with E-state index in [1.165, 1.54) is 11.4 Å².